The Kier molecular flexibility index (Phi) is 4.46. The Bertz CT molecular complexity index is 400. The first kappa shape index (κ1) is 14.6. The lowest BCUT2D eigenvalue weighted by molar-refractivity contribution is -0.139. The molecule has 2 aliphatic rings. The van der Waals surface area contributed by atoms with E-state index in [-0.39, 0.29) is 23.8 Å². The van der Waals surface area contributed by atoms with Gasteiger partial charge in [0.25, 0.3) is 0 Å². The average Bonchev–Trinajstić information content (AvgIpc) is 3.19. The Labute approximate surface area is 117 Å². The van der Waals surface area contributed by atoms with Crippen LogP contribution < -0.4 is 11.1 Å². The van der Waals surface area contributed by atoms with Gasteiger partial charge in [-0.25, -0.2) is 9.59 Å². The van der Waals surface area contributed by atoms with Gasteiger partial charge < -0.3 is 21.1 Å². The van der Waals surface area contributed by atoms with Crippen molar-refractivity contribution in [1.82, 2.24) is 10.2 Å². The van der Waals surface area contributed by atoms with Crippen LogP contribution in [-0.2, 0) is 9.59 Å². The molecule has 1 unspecified atom stereocenters. The molecule has 0 bridgehead atoms. The van der Waals surface area contributed by atoms with Gasteiger partial charge in [0.1, 0.15) is 6.04 Å². The summed E-state index contributed by atoms with van der Waals surface area (Å²) in [6.07, 6.45) is 3.54. The van der Waals surface area contributed by atoms with Crippen molar-refractivity contribution in [3.8, 4) is 0 Å². The Morgan fingerprint density at radius 3 is 2.25 bits per heavy atom. The molecule has 1 saturated carbocycles. The van der Waals surface area contributed by atoms with Crippen LogP contribution >= 0.6 is 0 Å². The lowest BCUT2D eigenvalue weighted by atomic mass is 9.93. The van der Waals surface area contributed by atoms with E-state index >= 15 is 0 Å². The van der Waals surface area contributed by atoms with Gasteiger partial charge in [0.2, 0.25) is 5.91 Å². The van der Waals surface area contributed by atoms with Crippen LogP contribution in [0.3, 0.4) is 0 Å². The summed E-state index contributed by atoms with van der Waals surface area (Å²) in [6.45, 7) is 1.08. The van der Waals surface area contributed by atoms with E-state index in [2.05, 4.69) is 5.32 Å². The third-order valence-corrected chi connectivity index (χ3v) is 4.03. The number of carboxylic acids is 1. The van der Waals surface area contributed by atoms with Gasteiger partial charge in [-0.3, -0.25) is 4.79 Å². The fraction of sp³-hybridized carbons (Fsp3) is 0.769. The van der Waals surface area contributed by atoms with Gasteiger partial charge in [0.05, 0.1) is 0 Å². The van der Waals surface area contributed by atoms with E-state index in [1.54, 1.807) is 4.90 Å². The monoisotopic (exact) mass is 283 g/mol. The summed E-state index contributed by atoms with van der Waals surface area (Å²) in [5.41, 5.74) is 5.16. The van der Waals surface area contributed by atoms with E-state index in [0.29, 0.717) is 19.5 Å². The van der Waals surface area contributed by atoms with Gasteiger partial charge in [0, 0.05) is 19.5 Å². The summed E-state index contributed by atoms with van der Waals surface area (Å²) in [6, 6.07) is -1.09. The van der Waals surface area contributed by atoms with Crippen LogP contribution in [0.15, 0.2) is 0 Å². The average molecular weight is 283 g/mol. The number of likely N-dealkylation sites (tertiary alicyclic amines) is 1. The van der Waals surface area contributed by atoms with E-state index in [4.69, 9.17) is 10.8 Å². The second-order valence-corrected chi connectivity index (χ2v) is 5.70. The second-order valence-electron chi connectivity index (χ2n) is 5.70. The van der Waals surface area contributed by atoms with Crippen LogP contribution in [0.5, 0.6) is 0 Å². The first-order valence-corrected chi connectivity index (χ1v) is 7.04. The number of rotatable bonds is 5. The summed E-state index contributed by atoms with van der Waals surface area (Å²) >= 11 is 0. The highest BCUT2D eigenvalue weighted by molar-refractivity contribution is 5.83. The Morgan fingerprint density at radius 2 is 1.80 bits per heavy atom. The van der Waals surface area contributed by atoms with Crippen LogP contribution in [0, 0.1) is 11.8 Å². The van der Waals surface area contributed by atoms with Crippen LogP contribution in [0.4, 0.5) is 4.79 Å². The van der Waals surface area contributed by atoms with Gasteiger partial charge in [0.15, 0.2) is 0 Å². The minimum absolute atomic E-state index is 0.0730. The minimum atomic E-state index is -0.968. The highest BCUT2D eigenvalue weighted by atomic mass is 16.4. The predicted molar refractivity (Wildman–Crippen MR) is 70.8 cm³/mol. The predicted octanol–water partition coefficient (Wildman–Crippen LogP) is 0.147. The van der Waals surface area contributed by atoms with Gasteiger partial charge >= 0.3 is 12.0 Å². The van der Waals surface area contributed by atoms with Crippen molar-refractivity contribution >= 4 is 17.9 Å². The molecule has 1 heterocycles. The maximum atomic E-state index is 12.0. The van der Waals surface area contributed by atoms with Gasteiger partial charge in [-0.05, 0) is 37.5 Å². The fourth-order valence-electron chi connectivity index (χ4n) is 2.66. The molecule has 1 saturated heterocycles. The first-order chi connectivity index (χ1) is 9.47. The van der Waals surface area contributed by atoms with E-state index in [9.17, 15) is 14.4 Å². The quantitative estimate of drug-likeness (QED) is 0.666. The van der Waals surface area contributed by atoms with Crippen molar-refractivity contribution in [2.75, 3.05) is 13.1 Å². The van der Waals surface area contributed by atoms with Gasteiger partial charge in [-0.2, -0.15) is 0 Å². The van der Waals surface area contributed by atoms with E-state index in [1.165, 1.54) is 0 Å². The summed E-state index contributed by atoms with van der Waals surface area (Å²) in [5, 5.41) is 11.7. The number of hydrogen-bond donors (Lipinski definition) is 3. The molecule has 1 atom stereocenters. The van der Waals surface area contributed by atoms with Crippen LogP contribution in [0.25, 0.3) is 0 Å². The van der Waals surface area contributed by atoms with Crippen molar-refractivity contribution in [2.24, 2.45) is 17.6 Å². The zero-order valence-electron chi connectivity index (χ0n) is 11.4. The molecule has 1 aliphatic heterocycles. The van der Waals surface area contributed by atoms with Gasteiger partial charge in [-0.1, -0.05) is 0 Å². The van der Waals surface area contributed by atoms with Crippen LogP contribution in [-0.4, -0.2) is 47.0 Å². The lowest BCUT2D eigenvalue weighted by Crippen LogP contribution is -2.51. The van der Waals surface area contributed by atoms with Gasteiger partial charge in [-0.15, -0.1) is 0 Å². The maximum Gasteiger partial charge on any atom is 0.326 e. The number of carbonyl (C=O) groups excluding carboxylic acids is 2. The molecule has 2 fully saturated rings. The summed E-state index contributed by atoms with van der Waals surface area (Å²) < 4.78 is 0. The van der Waals surface area contributed by atoms with E-state index in [1.807, 2.05) is 0 Å². The molecule has 20 heavy (non-hydrogen) atoms. The van der Waals surface area contributed by atoms with Crippen molar-refractivity contribution < 1.29 is 19.5 Å². The largest absolute Gasteiger partial charge is 0.480 e. The third-order valence-electron chi connectivity index (χ3n) is 4.03. The van der Waals surface area contributed by atoms with Crippen LogP contribution in [0.2, 0.25) is 0 Å². The first-order valence-electron chi connectivity index (χ1n) is 7.04. The molecule has 4 N–H and O–H groups in total. The number of nitrogens with two attached hydrogens (primary N) is 1. The number of carboxylic acid groups (broad SMARTS) is 1. The smallest absolute Gasteiger partial charge is 0.326 e. The fourth-order valence-corrected chi connectivity index (χ4v) is 2.66. The highest BCUT2D eigenvalue weighted by Crippen LogP contribution is 2.33. The standard InChI is InChI=1S/C13H21N3O4/c14-10(17)7-8-3-5-16(6-4-8)13(20)15-11(12(18)19)9-1-2-9/h8-9,11H,1-7H2,(H2,14,17)(H,15,20)(H,18,19). The number of amides is 3. The Hall–Kier alpha value is -1.79. The van der Waals surface area contributed by atoms with Crippen molar-refractivity contribution in [2.45, 2.75) is 38.1 Å². The zero-order valence-corrected chi connectivity index (χ0v) is 11.4. The third kappa shape index (κ3) is 3.85. The molecule has 2 rings (SSSR count). The minimum Gasteiger partial charge on any atom is -0.480 e. The SMILES string of the molecule is NC(=O)CC1CCN(C(=O)NC(C(=O)O)C2CC2)CC1. The van der Waals surface area contributed by atoms with E-state index in [0.717, 1.165) is 25.7 Å². The molecule has 0 spiro atoms. The number of primary amides is 1. The number of carbonyl (C=O) groups is 3. The Morgan fingerprint density at radius 1 is 1.20 bits per heavy atom. The van der Waals surface area contributed by atoms with Crippen molar-refractivity contribution in [3.05, 3.63) is 0 Å². The molecule has 1 aliphatic carbocycles. The molecule has 7 nitrogen and oxygen atoms in total. The topological polar surface area (TPSA) is 113 Å². The molecule has 112 valence electrons. The Balaban J connectivity index is 1.79. The normalized spacial score (nSPS) is 21.3. The second kappa shape index (κ2) is 6.11. The number of piperidine rings is 1. The molecular weight excluding hydrogens is 262 g/mol. The van der Waals surface area contributed by atoms with Crippen molar-refractivity contribution in [3.63, 3.8) is 0 Å². The number of urea groups is 1. The zero-order chi connectivity index (χ0) is 14.7. The lowest BCUT2D eigenvalue weighted by Gasteiger charge is -2.32. The molecule has 0 aromatic heterocycles. The highest BCUT2D eigenvalue weighted by Gasteiger charge is 2.38. The molecule has 3 amide bonds. The number of hydrogen-bond acceptors (Lipinski definition) is 3. The van der Waals surface area contributed by atoms with Crippen molar-refractivity contribution in [1.29, 1.82) is 0 Å². The van der Waals surface area contributed by atoms with E-state index < -0.39 is 12.0 Å². The summed E-state index contributed by atoms with van der Waals surface area (Å²) in [4.78, 5) is 35.6. The molecule has 0 radical (unpaired) electrons. The molecule has 0 aromatic rings. The number of nitrogens with one attached hydrogen (secondary N) is 1. The summed E-state index contributed by atoms with van der Waals surface area (Å²) in [5.74, 6) is -0.976. The maximum absolute atomic E-state index is 12.0. The molecular formula is C13H21N3O4. The summed E-state index contributed by atoms with van der Waals surface area (Å²) in [7, 11) is 0. The molecule has 7 heteroatoms. The molecule has 0 aromatic carbocycles. The number of aliphatic carboxylic acids is 1. The van der Waals surface area contributed by atoms with Crippen LogP contribution in [0.1, 0.15) is 32.1 Å². The number of nitrogens with zero attached hydrogens (tertiary/aromatic N) is 1.